The molecule has 0 bridgehead atoms. The Bertz CT molecular complexity index is 982. The maximum atomic E-state index is 2.43. The first-order chi connectivity index (χ1) is 13.7. The molecule has 0 aliphatic carbocycles. The molecule has 4 rings (SSSR count). The maximum absolute atomic E-state index is 2.43. The first kappa shape index (κ1) is 18.7. The minimum Gasteiger partial charge on any atom is -0.0622 e. The quantitative estimate of drug-likeness (QED) is 0.400. The second-order valence-corrected chi connectivity index (χ2v) is 10.2. The number of rotatable bonds is 5. The highest BCUT2D eigenvalue weighted by molar-refractivity contribution is 7.79. The van der Waals surface area contributed by atoms with Crippen molar-refractivity contribution in [1.29, 1.82) is 0 Å². The summed E-state index contributed by atoms with van der Waals surface area (Å²) in [6, 6.07) is 41.9. The van der Waals surface area contributed by atoms with E-state index in [4.69, 9.17) is 0 Å². The van der Waals surface area contributed by atoms with Crippen LogP contribution in [0.4, 0.5) is 0 Å². The molecule has 0 aromatic heterocycles. The molecule has 0 radical (unpaired) electrons. The van der Waals surface area contributed by atoms with Gasteiger partial charge in [0, 0.05) is 5.41 Å². The predicted octanol–water partition coefficient (Wildman–Crippen LogP) is 5.50. The molecule has 0 unspecified atom stereocenters. The molecule has 0 spiro atoms. The van der Waals surface area contributed by atoms with Crippen molar-refractivity contribution in [3.8, 4) is 0 Å². The molecule has 0 N–H and O–H groups in total. The van der Waals surface area contributed by atoms with Crippen LogP contribution in [-0.2, 0) is 5.41 Å². The highest BCUT2D eigenvalue weighted by Gasteiger charge is 2.28. The lowest BCUT2D eigenvalue weighted by molar-refractivity contribution is 0.641. The van der Waals surface area contributed by atoms with Crippen LogP contribution in [0.3, 0.4) is 0 Å². The highest BCUT2D eigenvalue weighted by Crippen LogP contribution is 2.36. The van der Waals surface area contributed by atoms with Crippen molar-refractivity contribution in [3.63, 3.8) is 0 Å². The lowest BCUT2D eigenvalue weighted by atomic mass is 9.78. The van der Waals surface area contributed by atoms with Crippen molar-refractivity contribution in [1.82, 2.24) is 0 Å². The molecule has 1 heteroatoms. The fourth-order valence-electron chi connectivity index (χ4n) is 3.79. The molecule has 0 aliphatic heterocycles. The van der Waals surface area contributed by atoms with Crippen molar-refractivity contribution in [2.24, 2.45) is 0 Å². The Kier molecular flexibility index (Phi) is 5.42. The average molecular weight is 381 g/mol. The van der Waals surface area contributed by atoms with E-state index in [-0.39, 0.29) is 5.41 Å². The van der Waals surface area contributed by atoms with Gasteiger partial charge in [-0.05, 0) is 47.5 Å². The average Bonchev–Trinajstić information content (AvgIpc) is 2.76. The molecule has 0 atom stereocenters. The van der Waals surface area contributed by atoms with Crippen LogP contribution in [-0.4, -0.2) is 0 Å². The summed E-state index contributed by atoms with van der Waals surface area (Å²) >= 11 is 0. The molecule has 4 aromatic carbocycles. The van der Waals surface area contributed by atoms with Crippen LogP contribution in [0.5, 0.6) is 0 Å². The Balaban J connectivity index is 1.82. The Labute approximate surface area is 169 Å². The minimum atomic E-state index is -1.04. The van der Waals surface area contributed by atoms with Crippen LogP contribution in [0.1, 0.15) is 25.0 Å². The van der Waals surface area contributed by atoms with Gasteiger partial charge in [-0.2, -0.15) is 0 Å². The first-order valence-corrected chi connectivity index (χ1v) is 11.3. The monoisotopic (exact) mass is 381 g/mol. The summed E-state index contributed by atoms with van der Waals surface area (Å²) in [5.41, 5.74) is 2.68. The molecule has 138 valence electrons. The van der Waals surface area contributed by atoms with Gasteiger partial charge in [-0.3, -0.25) is 0 Å². The van der Waals surface area contributed by atoms with E-state index >= 15 is 0 Å². The van der Waals surface area contributed by atoms with E-state index in [1.807, 2.05) is 0 Å². The van der Waals surface area contributed by atoms with Gasteiger partial charge in [-0.25, -0.2) is 0 Å². The van der Waals surface area contributed by atoms with Gasteiger partial charge in [0.2, 0.25) is 0 Å². The molecule has 0 fully saturated rings. The maximum Gasteiger partial charge on any atom is 0.102 e. The van der Waals surface area contributed by atoms with Gasteiger partial charge in [0.05, 0.1) is 7.92 Å². The summed E-state index contributed by atoms with van der Waals surface area (Å²) in [6.07, 6.45) is 0. The van der Waals surface area contributed by atoms with Gasteiger partial charge in [-0.1, -0.05) is 92.7 Å². The second kappa shape index (κ2) is 8.13. The van der Waals surface area contributed by atoms with E-state index in [1.165, 1.54) is 27.0 Å². The lowest BCUT2D eigenvalue weighted by Gasteiger charge is -2.26. The third-order valence-electron chi connectivity index (χ3n) is 5.49. The fourth-order valence-corrected chi connectivity index (χ4v) is 6.41. The summed E-state index contributed by atoms with van der Waals surface area (Å²) in [4.78, 5) is 0. The number of hydrogen-bond donors (Lipinski definition) is 0. The van der Waals surface area contributed by atoms with Crippen LogP contribution < -0.4 is 15.9 Å². The van der Waals surface area contributed by atoms with Crippen molar-refractivity contribution in [2.75, 3.05) is 0 Å². The standard InChI is InChI=1S/C27H25P/c1-27(2,22-13-6-3-7-14-22)23-15-12-20-26(21-23)28(24-16-8-4-9-17-24)25-18-10-5-11-19-25/h3-21H,1-2H3/p+1. The molecule has 0 aliphatic rings. The fraction of sp³-hybridized carbons (Fsp3) is 0.111. The van der Waals surface area contributed by atoms with Gasteiger partial charge in [-0.15, -0.1) is 0 Å². The highest BCUT2D eigenvalue weighted by atomic mass is 31.1. The van der Waals surface area contributed by atoms with E-state index < -0.39 is 7.92 Å². The minimum absolute atomic E-state index is 0.0301. The zero-order valence-electron chi connectivity index (χ0n) is 16.5. The molecule has 0 heterocycles. The molecule has 0 nitrogen and oxygen atoms in total. The van der Waals surface area contributed by atoms with Crippen LogP contribution in [0.25, 0.3) is 0 Å². The van der Waals surface area contributed by atoms with E-state index in [1.54, 1.807) is 0 Å². The summed E-state index contributed by atoms with van der Waals surface area (Å²) in [7, 11) is -1.04. The number of hydrogen-bond acceptors (Lipinski definition) is 0. The zero-order chi connectivity index (χ0) is 19.4. The van der Waals surface area contributed by atoms with Crippen LogP contribution in [0, 0.1) is 0 Å². The van der Waals surface area contributed by atoms with Crippen molar-refractivity contribution in [2.45, 2.75) is 19.3 Å². The Morgan fingerprint density at radius 3 is 1.43 bits per heavy atom. The molecule has 0 amide bonds. The summed E-state index contributed by atoms with van der Waals surface area (Å²) in [5, 5.41) is 4.28. The van der Waals surface area contributed by atoms with Crippen LogP contribution in [0.2, 0.25) is 0 Å². The van der Waals surface area contributed by atoms with Crippen molar-refractivity contribution in [3.05, 3.63) is 126 Å². The normalized spacial score (nSPS) is 11.5. The van der Waals surface area contributed by atoms with Gasteiger partial charge in [0.15, 0.2) is 0 Å². The number of benzene rings is 4. The molecular formula is C27H26P+. The summed E-state index contributed by atoms with van der Waals surface area (Å²) in [5.74, 6) is 0. The Morgan fingerprint density at radius 1 is 0.464 bits per heavy atom. The van der Waals surface area contributed by atoms with Crippen LogP contribution >= 0.6 is 7.92 Å². The Hall–Kier alpha value is -2.69. The molecule has 4 aromatic rings. The van der Waals surface area contributed by atoms with Gasteiger partial charge >= 0.3 is 0 Å². The smallest absolute Gasteiger partial charge is 0.0622 e. The molecular weight excluding hydrogens is 355 g/mol. The zero-order valence-corrected chi connectivity index (χ0v) is 17.5. The Morgan fingerprint density at radius 2 is 0.893 bits per heavy atom. The van der Waals surface area contributed by atoms with Crippen LogP contribution in [0.15, 0.2) is 115 Å². The summed E-state index contributed by atoms with van der Waals surface area (Å²) < 4.78 is 0. The largest absolute Gasteiger partial charge is 0.102 e. The van der Waals surface area contributed by atoms with E-state index in [2.05, 4.69) is 129 Å². The second-order valence-electron chi connectivity index (χ2n) is 7.68. The van der Waals surface area contributed by atoms with Gasteiger partial charge in [0.1, 0.15) is 15.9 Å². The SMILES string of the molecule is CC(C)(c1ccccc1)c1cccc([PH+](c2ccccc2)c2ccccc2)c1. The third kappa shape index (κ3) is 3.79. The lowest BCUT2D eigenvalue weighted by Crippen LogP contribution is -2.24. The molecule has 28 heavy (non-hydrogen) atoms. The topological polar surface area (TPSA) is 0 Å². The summed E-state index contributed by atoms with van der Waals surface area (Å²) in [6.45, 7) is 4.64. The predicted molar refractivity (Wildman–Crippen MR) is 125 cm³/mol. The van der Waals surface area contributed by atoms with E-state index in [0.29, 0.717) is 0 Å². The van der Waals surface area contributed by atoms with Gasteiger partial charge < -0.3 is 0 Å². The third-order valence-corrected chi connectivity index (χ3v) is 8.20. The van der Waals surface area contributed by atoms with Crippen molar-refractivity contribution >= 4 is 23.8 Å². The molecule has 0 saturated heterocycles. The van der Waals surface area contributed by atoms with Gasteiger partial charge in [0.25, 0.3) is 0 Å². The van der Waals surface area contributed by atoms with E-state index in [0.717, 1.165) is 0 Å². The molecule has 0 saturated carbocycles. The van der Waals surface area contributed by atoms with Crippen molar-refractivity contribution < 1.29 is 0 Å². The first-order valence-electron chi connectivity index (χ1n) is 9.80. The van der Waals surface area contributed by atoms with E-state index in [9.17, 15) is 0 Å².